The minimum Gasteiger partial charge on any atom is -0.338 e. The number of nitrogens with two attached hydrogens (primary N) is 1. The number of fused-ring (bicyclic) bond motifs is 1. The van der Waals surface area contributed by atoms with Gasteiger partial charge in [-0.2, -0.15) is 4.98 Å². The number of primary sulfonamides is 1. The van der Waals surface area contributed by atoms with Crippen LogP contribution in [0.5, 0.6) is 0 Å². The van der Waals surface area contributed by atoms with Crippen molar-refractivity contribution in [2.24, 2.45) is 5.14 Å². The number of carbonyl (C=O) groups is 1. The second-order valence-corrected chi connectivity index (χ2v) is 9.88. The average molecular weight is 496 g/mol. The Morgan fingerprint density at radius 1 is 1.11 bits per heavy atom. The summed E-state index contributed by atoms with van der Waals surface area (Å²) in [5, 5.41) is 14.8. The van der Waals surface area contributed by atoms with E-state index in [1.165, 1.54) is 6.07 Å². The Morgan fingerprint density at radius 3 is 2.60 bits per heavy atom. The first-order valence-corrected chi connectivity index (χ1v) is 12.3. The lowest BCUT2D eigenvalue weighted by molar-refractivity contribution is 0.243. The molecular weight excluding hydrogens is 473 g/mol. The Morgan fingerprint density at radius 2 is 1.86 bits per heavy atom. The van der Waals surface area contributed by atoms with Crippen molar-refractivity contribution >= 4 is 50.1 Å². The Labute approximate surface area is 200 Å². The Kier molecular flexibility index (Phi) is 5.61. The summed E-state index contributed by atoms with van der Waals surface area (Å²) >= 11 is 0. The molecule has 0 spiro atoms. The lowest BCUT2D eigenvalue weighted by Gasteiger charge is -2.11. The van der Waals surface area contributed by atoms with Gasteiger partial charge in [0.25, 0.3) is 0 Å². The summed E-state index contributed by atoms with van der Waals surface area (Å²) in [4.78, 5) is 20.5. The van der Waals surface area contributed by atoms with Gasteiger partial charge < -0.3 is 16.0 Å². The molecule has 35 heavy (non-hydrogen) atoms. The summed E-state index contributed by atoms with van der Waals surface area (Å²) in [6.07, 6.45) is 4.69. The number of aryl methyl sites for hydroxylation is 1. The van der Waals surface area contributed by atoms with Crippen LogP contribution in [0, 0.1) is 12.7 Å². The third-order valence-electron chi connectivity index (χ3n) is 5.57. The van der Waals surface area contributed by atoms with Gasteiger partial charge in [-0.05, 0) is 61.7 Å². The highest BCUT2D eigenvalue weighted by Crippen LogP contribution is 2.26. The number of nitrogens with zero attached hydrogens (tertiary/aromatic N) is 3. The van der Waals surface area contributed by atoms with E-state index in [1.54, 1.807) is 54.1 Å². The van der Waals surface area contributed by atoms with Crippen LogP contribution in [-0.2, 0) is 10.0 Å². The second-order valence-electron chi connectivity index (χ2n) is 8.35. The predicted octanol–water partition coefficient (Wildman–Crippen LogP) is 3.73. The molecule has 0 radical (unpaired) electrons. The third-order valence-corrected chi connectivity index (χ3v) is 6.62. The molecule has 0 atom stereocenters. The summed E-state index contributed by atoms with van der Waals surface area (Å²) in [7, 11) is -3.91. The minimum absolute atomic E-state index is 0.0333. The number of benzene rings is 2. The molecule has 2 heterocycles. The monoisotopic (exact) mass is 495 g/mol. The highest BCUT2D eigenvalue weighted by molar-refractivity contribution is 7.89. The van der Waals surface area contributed by atoms with Crippen LogP contribution in [0.15, 0.2) is 59.8 Å². The highest BCUT2D eigenvalue weighted by Gasteiger charge is 2.24. The fraction of sp³-hybridized carbons (Fsp3) is 0.174. The number of aromatic nitrogens is 3. The Hall–Kier alpha value is -4.03. The molecule has 12 heteroatoms. The molecular formula is C23H22FN7O3S. The van der Waals surface area contributed by atoms with E-state index in [0.29, 0.717) is 16.9 Å². The number of anilines is 4. The average Bonchev–Trinajstić information content (AvgIpc) is 3.51. The number of rotatable bonds is 6. The number of hydrogen-bond acceptors (Lipinski definition) is 7. The van der Waals surface area contributed by atoms with Crippen molar-refractivity contribution in [1.82, 2.24) is 19.9 Å². The zero-order valence-corrected chi connectivity index (χ0v) is 19.4. The first-order chi connectivity index (χ1) is 16.7. The van der Waals surface area contributed by atoms with Crippen molar-refractivity contribution in [2.45, 2.75) is 30.7 Å². The molecule has 180 valence electrons. The summed E-state index contributed by atoms with van der Waals surface area (Å²) in [6, 6.07) is 11.7. The van der Waals surface area contributed by atoms with Gasteiger partial charge in [0.15, 0.2) is 11.6 Å². The summed E-state index contributed by atoms with van der Waals surface area (Å²) in [5.74, 6) is -0.695. The fourth-order valence-corrected chi connectivity index (χ4v) is 4.44. The normalized spacial score (nSPS) is 13.6. The predicted molar refractivity (Wildman–Crippen MR) is 130 cm³/mol. The number of hydrogen-bond donors (Lipinski definition) is 4. The molecule has 1 amide bonds. The molecule has 1 aliphatic rings. The van der Waals surface area contributed by atoms with Crippen LogP contribution in [0.25, 0.3) is 10.9 Å². The summed E-state index contributed by atoms with van der Waals surface area (Å²) in [5.41, 5.74) is 2.16. The second kappa shape index (κ2) is 8.64. The van der Waals surface area contributed by atoms with Crippen molar-refractivity contribution in [2.75, 3.05) is 10.6 Å². The molecule has 1 aliphatic carbocycles. The van der Waals surface area contributed by atoms with Gasteiger partial charge in [0.2, 0.25) is 16.0 Å². The zero-order valence-electron chi connectivity index (χ0n) is 18.6. The van der Waals surface area contributed by atoms with Crippen LogP contribution in [0.2, 0.25) is 0 Å². The van der Waals surface area contributed by atoms with E-state index in [4.69, 9.17) is 5.14 Å². The van der Waals surface area contributed by atoms with Gasteiger partial charge in [0, 0.05) is 29.0 Å². The first kappa shape index (κ1) is 22.7. The molecule has 0 bridgehead atoms. The Bertz CT molecular complexity index is 1560. The molecule has 1 saturated carbocycles. The minimum atomic E-state index is -3.91. The molecule has 0 aliphatic heterocycles. The molecule has 4 aromatic rings. The van der Waals surface area contributed by atoms with E-state index in [9.17, 15) is 17.6 Å². The van der Waals surface area contributed by atoms with Gasteiger partial charge in [0.1, 0.15) is 0 Å². The molecule has 5 rings (SSSR count). The number of sulfonamides is 1. The highest BCUT2D eigenvalue weighted by atomic mass is 32.2. The van der Waals surface area contributed by atoms with Crippen LogP contribution >= 0.6 is 0 Å². The smallest absolute Gasteiger partial charge is 0.326 e. The van der Waals surface area contributed by atoms with Gasteiger partial charge in [-0.25, -0.2) is 27.7 Å². The van der Waals surface area contributed by atoms with Crippen LogP contribution in [-0.4, -0.2) is 35.0 Å². The van der Waals surface area contributed by atoms with E-state index in [-0.39, 0.29) is 28.7 Å². The van der Waals surface area contributed by atoms with Crippen LogP contribution in [0.4, 0.5) is 32.3 Å². The van der Waals surface area contributed by atoms with Crippen molar-refractivity contribution in [3.63, 3.8) is 0 Å². The lowest BCUT2D eigenvalue weighted by Crippen LogP contribution is -2.29. The SMILES string of the molecule is Cc1ccc(Nc2ncc(F)c(Nc3ccc4c(ccn4C(=O)NC4CC4)c3)n2)cc1S(N)(=O)=O. The van der Waals surface area contributed by atoms with Crippen LogP contribution in [0.3, 0.4) is 0 Å². The zero-order chi connectivity index (χ0) is 24.7. The first-order valence-electron chi connectivity index (χ1n) is 10.8. The van der Waals surface area contributed by atoms with Crippen LogP contribution < -0.4 is 21.1 Å². The largest absolute Gasteiger partial charge is 0.338 e. The standard InChI is InChI=1S/C23H22FN7O3S/c1-13-2-3-17(11-20(13)35(25,33)34)28-22-26-12-18(24)21(30-22)27-16-6-7-19-14(10-16)8-9-31(19)23(32)29-15-4-5-15/h2-3,6-12,15H,4-5H2,1H3,(H,29,32)(H2,25,33,34)(H2,26,27,28,30). The third kappa shape index (κ3) is 4.93. The maximum Gasteiger partial charge on any atom is 0.326 e. The topological polar surface area (TPSA) is 144 Å². The van der Waals surface area contributed by atoms with E-state index in [1.807, 2.05) is 0 Å². The summed E-state index contributed by atoms with van der Waals surface area (Å²) in [6.45, 7) is 1.63. The quantitative estimate of drug-likeness (QED) is 0.319. The van der Waals surface area contributed by atoms with E-state index >= 15 is 0 Å². The maximum absolute atomic E-state index is 14.5. The molecule has 2 aromatic heterocycles. The molecule has 5 N–H and O–H groups in total. The number of nitrogens with one attached hydrogen (secondary N) is 3. The molecule has 2 aromatic carbocycles. The van der Waals surface area contributed by atoms with Gasteiger partial charge in [-0.1, -0.05) is 6.07 Å². The van der Waals surface area contributed by atoms with E-state index in [0.717, 1.165) is 29.9 Å². The molecule has 10 nitrogen and oxygen atoms in total. The van der Waals surface area contributed by atoms with Gasteiger partial charge in [-0.15, -0.1) is 0 Å². The van der Waals surface area contributed by atoms with Crippen molar-refractivity contribution in [3.8, 4) is 0 Å². The van der Waals surface area contributed by atoms with Crippen molar-refractivity contribution in [1.29, 1.82) is 0 Å². The molecule has 0 saturated heterocycles. The van der Waals surface area contributed by atoms with E-state index in [2.05, 4.69) is 25.9 Å². The van der Waals surface area contributed by atoms with Gasteiger partial charge in [-0.3, -0.25) is 4.57 Å². The van der Waals surface area contributed by atoms with Crippen LogP contribution in [0.1, 0.15) is 18.4 Å². The van der Waals surface area contributed by atoms with Gasteiger partial charge in [0.05, 0.1) is 16.6 Å². The number of amides is 1. The van der Waals surface area contributed by atoms with Crippen molar-refractivity contribution in [3.05, 3.63) is 66.2 Å². The lowest BCUT2D eigenvalue weighted by atomic mass is 10.2. The summed E-state index contributed by atoms with van der Waals surface area (Å²) < 4.78 is 39.5. The van der Waals surface area contributed by atoms with Gasteiger partial charge >= 0.3 is 6.03 Å². The molecule has 0 unspecified atom stereocenters. The molecule has 1 fully saturated rings. The van der Waals surface area contributed by atoms with E-state index < -0.39 is 15.8 Å². The number of carbonyl (C=O) groups excluding carboxylic acids is 1. The van der Waals surface area contributed by atoms with Crippen molar-refractivity contribution < 1.29 is 17.6 Å². The number of halogens is 1. The fourth-order valence-electron chi connectivity index (χ4n) is 3.63. The maximum atomic E-state index is 14.5. The Balaban J connectivity index is 1.37.